The van der Waals surface area contributed by atoms with Crippen molar-refractivity contribution in [2.45, 2.75) is 38.3 Å². The van der Waals surface area contributed by atoms with Crippen LogP contribution in [0.3, 0.4) is 0 Å². The molecule has 3 rings (SSSR count). The van der Waals surface area contributed by atoms with Crippen molar-refractivity contribution in [3.63, 3.8) is 0 Å². The van der Waals surface area contributed by atoms with Gasteiger partial charge in [-0.3, -0.25) is 0 Å². The molecule has 2 aromatic rings. The third-order valence-electron chi connectivity index (χ3n) is 3.67. The lowest BCUT2D eigenvalue weighted by Gasteiger charge is -2.12. The lowest BCUT2D eigenvalue weighted by Crippen LogP contribution is -2.12. The maximum atomic E-state index is 14.0. The third kappa shape index (κ3) is 3.21. The predicted molar refractivity (Wildman–Crippen MR) is 74.5 cm³/mol. The van der Waals surface area contributed by atoms with E-state index in [-0.39, 0.29) is 18.4 Å². The lowest BCUT2D eigenvalue weighted by molar-refractivity contribution is 0.234. The molecule has 112 valence electrons. The second-order valence-corrected chi connectivity index (χ2v) is 5.31. The van der Waals surface area contributed by atoms with E-state index in [0.717, 1.165) is 24.2 Å². The Morgan fingerprint density at radius 3 is 2.95 bits per heavy atom. The van der Waals surface area contributed by atoms with Gasteiger partial charge in [-0.15, -0.1) is 0 Å². The Hall–Kier alpha value is -1.95. The number of hydrogen-bond donors (Lipinski definition) is 1. The quantitative estimate of drug-likeness (QED) is 0.886. The van der Waals surface area contributed by atoms with Crippen LogP contribution in [-0.4, -0.2) is 17.2 Å². The van der Waals surface area contributed by atoms with Crippen LogP contribution in [0.15, 0.2) is 22.7 Å². The summed E-state index contributed by atoms with van der Waals surface area (Å²) in [7, 11) is 1.83. The molecule has 0 saturated heterocycles. The first-order valence-corrected chi connectivity index (χ1v) is 7.09. The maximum Gasteiger partial charge on any atom is 0.264 e. The first-order valence-electron chi connectivity index (χ1n) is 7.09. The molecule has 6 heteroatoms. The molecular formula is C15H18FN3O2. The SMILES string of the molecule is CNC(C)c1ccc(OCc2nc(C3CC3)no2)c(F)c1. The average molecular weight is 291 g/mol. The van der Waals surface area contributed by atoms with Gasteiger partial charge in [0.05, 0.1) is 0 Å². The van der Waals surface area contributed by atoms with Crippen molar-refractivity contribution in [3.8, 4) is 5.75 Å². The van der Waals surface area contributed by atoms with E-state index in [4.69, 9.17) is 9.26 Å². The highest BCUT2D eigenvalue weighted by atomic mass is 19.1. The maximum absolute atomic E-state index is 14.0. The van der Waals surface area contributed by atoms with Crippen molar-refractivity contribution in [1.29, 1.82) is 0 Å². The van der Waals surface area contributed by atoms with Crippen LogP contribution in [-0.2, 0) is 6.61 Å². The van der Waals surface area contributed by atoms with Crippen LogP contribution >= 0.6 is 0 Å². The fraction of sp³-hybridized carbons (Fsp3) is 0.467. The van der Waals surface area contributed by atoms with Crippen LogP contribution in [0.2, 0.25) is 0 Å². The van der Waals surface area contributed by atoms with E-state index < -0.39 is 5.82 Å². The molecule has 0 amide bonds. The van der Waals surface area contributed by atoms with E-state index in [1.807, 2.05) is 20.0 Å². The van der Waals surface area contributed by atoms with Gasteiger partial charge in [-0.05, 0) is 44.5 Å². The summed E-state index contributed by atoms with van der Waals surface area (Å²) in [5.74, 6) is 1.34. The fourth-order valence-corrected chi connectivity index (χ4v) is 2.04. The molecule has 0 spiro atoms. The zero-order chi connectivity index (χ0) is 14.8. The highest BCUT2D eigenvalue weighted by molar-refractivity contribution is 5.30. The van der Waals surface area contributed by atoms with Gasteiger partial charge in [-0.1, -0.05) is 11.2 Å². The van der Waals surface area contributed by atoms with Crippen molar-refractivity contribution in [2.75, 3.05) is 7.05 Å². The topological polar surface area (TPSA) is 60.2 Å². The van der Waals surface area contributed by atoms with Crippen LogP contribution in [0.5, 0.6) is 5.75 Å². The smallest absolute Gasteiger partial charge is 0.264 e. The summed E-state index contributed by atoms with van der Waals surface area (Å²) in [6, 6.07) is 5.02. The molecule has 5 nitrogen and oxygen atoms in total. The number of halogens is 1. The molecule has 1 unspecified atom stereocenters. The van der Waals surface area contributed by atoms with Gasteiger partial charge in [0, 0.05) is 12.0 Å². The minimum Gasteiger partial charge on any atom is -0.481 e. The Morgan fingerprint density at radius 1 is 1.48 bits per heavy atom. The van der Waals surface area contributed by atoms with Crippen LogP contribution in [0.1, 0.15) is 49.0 Å². The van der Waals surface area contributed by atoms with Gasteiger partial charge in [0.25, 0.3) is 5.89 Å². The minimum atomic E-state index is -0.392. The van der Waals surface area contributed by atoms with Crippen molar-refractivity contribution >= 4 is 0 Å². The van der Waals surface area contributed by atoms with E-state index >= 15 is 0 Å². The number of ether oxygens (including phenoxy) is 1. The highest BCUT2D eigenvalue weighted by Crippen LogP contribution is 2.38. The fourth-order valence-electron chi connectivity index (χ4n) is 2.04. The zero-order valence-electron chi connectivity index (χ0n) is 12.1. The summed E-state index contributed by atoms with van der Waals surface area (Å²) in [6.45, 7) is 2.05. The van der Waals surface area contributed by atoms with Gasteiger partial charge in [0.1, 0.15) is 0 Å². The van der Waals surface area contributed by atoms with E-state index in [2.05, 4.69) is 15.5 Å². The van der Waals surface area contributed by atoms with Crippen molar-refractivity contribution in [3.05, 3.63) is 41.3 Å². The molecule has 1 N–H and O–H groups in total. The van der Waals surface area contributed by atoms with Crippen molar-refractivity contribution < 1.29 is 13.7 Å². The summed E-state index contributed by atoms with van der Waals surface area (Å²) in [5, 5.41) is 6.96. The van der Waals surface area contributed by atoms with E-state index in [9.17, 15) is 4.39 Å². The van der Waals surface area contributed by atoms with Gasteiger partial charge in [-0.2, -0.15) is 4.98 Å². The lowest BCUT2D eigenvalue weighted by atomic mass is 10.1. The number of nitrogens with zero attached hydrogens (tertiary/aromatic N) is 2. The van der Waals surface area contributed by atoms with Crippen LogP contribution in [0.4, 0.5) is 4.39 Å². The summed E-state index contributed by atoms with van der Waals surface area (Å²) >= 11 is 0. The minimum absolute atomic E-state index is 0.0809. The van der Waals surface area contributed by atoms with Crippen LogP contribution in [0, 0.1) is 5.82 Å². The monoisotopic (exact) mass is 291 g/mol. The first-order chi connectivity index (χ1) is 10.2. The molecule has 0 radical (unpaired) electrons. The Bertz CT molecular complexity index is 625. The van der Waals surface area contributed by atoms with Gasteiger partial charge < -0.3 is 14.6 Å². The normalized spacial score (nSPS) is 16.0. The Kier molecular flexibility index (Phi) is 3.88. The number of nitrogens with one attached hydrogen (secondary N) is 1. The highest BCUT2D eigenvalue weighted by Gasteiger charge is 2.28. The largest absolute Gasteiger partial charge is 0.481 e. The molecule has 1 saturated carbocycles. The molecule has 21 heavy (non-hydrogen) atoms. The third-order valence-corrected chi connectivity index (χ3v) is 3.67. The second-order valence-electron chi connectivity index (χ2n) is 5.31. The molecule has 1 aromatic carbocycles. The van der Waals surface area contributed by atoms with Gasteiger partial charge in [0.2, 0.25) is 0 Å². The van der Waals surface area contributed by atoms with E-state index in [1.165, 1.54) is 6.07 Å². The average Bonchev–Trinajstić information content (AvgIpc) is 3.24. The summed E-state index contributed by atoms with van der Waals surface area (Å²) < 4.78 is 24.5. The standard InChI is InChI=1S/C15H18FN3O2/c1-9(17-2)11-5-6-13(12(16)7-11)20-8-14-18-15(19-21-14)10-3-4-10/h5-7,9-10,17H,3-4,8H2,1-2H3. The van der Waals surface area contributed by atoms with Gasteiger partial charge >= 0.3 is 0 Å². The molecular weight excluding hydrogens is 273 g/mol. The number of rotatable bonds is 6. The molecule has 1 aliphatic carbocycles. The summed E-state index contributed by atoms with van der Waals surface area (Å²) in [4.78, 5) is 4.24. The molecule has 0 bridgehead atoms. The number of aromatic nitrogens is 2. The number of benzene rings is 1. The Morgan fingerprint density at radius 2 is 2.29 bits per heavy atom. The van der Waals surface area contributed by atoms with Crippen LogP contribution < -0.4 is 10.1 Å². The summed E-state index contributed by atoms with van der Waals surface area (Å²) in [6.07, 6.45) is 2.22. The van der Waals surface area contributed by atoms with Gasteiger partial charge in [0.15, 0.2) is 24.0 Å². The van der Waals surface area contributed by atoms with Crippen LogP contribution in [0.25, 0.3) is 0 Å². The predicted octanol–water partition coefficient (Wildman–Crippen LogP) is 2.95. The van der Waals surface area contributed by atoms with Crippen molar-refractivity contribution in [1.82, 2.24) is 15.5 Å². The number of hydrogen-bond acceptors (Lipinski definition) is 5. The summed E-state index contributed by atoms with van der Waals surface area (Å²) in [5.41, 5.74) is 0.871. The van der Waals surface area contributed by atoms with Crippen molar-refractivity contribution in [2.24, 2.45) is 0 Å². The molecule has 1 heterocycles. The van der Waals surface area contributed by atoms with E-state index in [0.29, 0.717) is 11.8 Å². The molecule has 1 fully saturated rings. The zero-order valence-corrected chi connectivity index (χ0v) is 12.1. The first kappa shape index (κ1) is 14.0. The molecule has 1 atom stereocenters. The van der Waals surface area contributed by atoms with E-state index in [1.54, 1.807) is 6.07 Å². The van der Waals surface area contributed by atoms with Gasteiger partial charge in [-0.25, -0.2) is 4.39 Å². The Balaban J connectivity index is 1.63. The molecule has 0 aliphatic heterocycles. The second kappa shape index (κ2) is 5.81. The Labute approximate surface area is 122 Å². The molecule has 1 aliphatic rings. The molecule has 1 aromatic heterocycles.